The summed E-state index contributed by atoms with van der Waals surface area (Å²) >= 11 is 0. The smallest absolute Gasteiger partial charge is 0.0462 e. The van der Waals surface area contributed by atoms with E-state index in [1.54, 1.807) is 0 Å². The number of hydrogen-bond acceptors (Lipinski definition) is 2. The van der Waals surface area contributed by atoms with Gasteiger partial charge in [0.15, 0.2) is 0 Å². The maximum Gasteiger partial charge on any atom is 0.0462 e. The van der Waals surface area contributed by atoms with Crippen LogP contribution in [0.3, 0.4) is 0 Å². The van der Waals surface area contributed by atoms with Crippen LogP contribution in [0.1, 0.15) is 59.8 Å². The topological polar surface area (TPSA) is 32.3 Å². The Kier molecular flexibility index (Phi) is 5.94. The van der Waals surface area contributed by atoms with Gasteiger partial charge < -0.3 is 10.4 Å². The summed E-state index contributed by atoms with van der Waals surface area (Å²) in [6, 6.07) is 0. The minimum absolute atomic E-state index is 0.194. The van der Waals surface area contributed by atoms with Gasteiger partial charge in [0.05, 0.1) is 0 Å². The fourth-order valence-corrected chi connectivity index (χ4v) is 3.02. The number of nitrogens with one attached hydrogen (secondary N) is 1. The third kappa shape index (κ3) is 5.87. The van der Waals surface area contributed by atoms with Crippen LogP contribution in [0.15, 0.2) is 0 Å². The highest BCUT2D eigenvalue weighted by Gasteiger charge is 2.26. The van der Waals surface area contributed by atoms with Crippen LogP contribution in [-0.4, -0.2) is 23.8 Å². The number of aliphatic hydroxyl groups excluding tert-OH is 1. The summed E-state index contributed by atoms with van der Waals surface area (Å²) < 4.78 is 0. The van der Waals surface area contributed by atoms with Gasteiger partial charge in [-0.3, -0.25) is 0 Å². The second kappa shape index (κ2) is 6.75. The lowest BCUT2D eigenvalue weighted by molar-refractivity contribution is 0.121. The molecule has 2 N–H and O–H groups in total. The van der Waals surface area contributed by atoms with Gasteiger partial charge in [-0.2, -0.15) is 0 Å². The standard InChI is InChI=1S/C15H31NO/c1-12-6-5-7-13(10-12)14(11-17)8-9-16-15(2,3)4/h12-14,16-17H,5-11H2,1-4H3. The Balaban J connectivity index is 2.32. The molecule has 0 heterocycles. The van der Waals surface area contributed by atoms with Crippen molar-refractivity contribution in [1.29, 1.82) is 0 Å². The van der Waals surface area contributed by atoms with Gasteiger partial charge in [0.25, 0.3) is 0 Å². The largest absolute Gasteiger partial charge is 0.396 e. The van der Waals surface area contributed by atoms with Gasteiger partial charge in [0.1, 0.15) is 0 Å². The lowest BCUT2D eigenvalue weighted by atomic mass is 9.75. The first-order valence-corrected chi connectivity index (χ1v) is 7.28. The molecule has 1 rings (SSSR count). The maximum absolute atomic E-state index is 9.57. The van der Waals surface area contributed by atoms with Crippen LogP contribution in [0.5, 0.6) is 0 Å². The molecule has 102 valence electrons. The molecule has 2 heteroatoms. The van der Waals surface area contributed by atoms with Gasteiger partial charge in [-0.1, -0.05) is 26.2 Å². The van der Waals surface area contributed by atoms with Gasteiger partial charge in [-0.05, 0) is 57.9 Å². The minimum Gasteiger partial charge on any atom is -0.396 e. The zero-order chi connectivity index (χ0) is 12.9. The molecular weight excluding hydrogens is 210 g/mol. The van der Waals surface area contributed by atoms with Gasteiger partial charge in [-0.25, -0.2) is 0 Å². The molecule has 1 aliphatic carbocycles. The normalized spacial score (nSPS) is 28.1. The molecular formula is C15H31NO. The van der Waals surface area contributed by atoms with E-state index in [1.165, 1.54) is 25.7 Å². The molecule has 1 fully saturated rings. The van der Waals surface area contributed by atoms with Crippen LogP contribution in [0.25, 0.3) is 0 Å². The second-order valence-electron chi connectivity index (χ2n) is 6.94. The molecule has 2 nitrogen and oxygen atoms in total. The van der Waals surface area contributed by atoms with E-state index in [0.717, 1.165) is 24.8 Å². The molecule has 0 aromatic rings. The summed E-state index contributed by atoms with van der Waals surface area (Å²) in [5.41, 5.74) is 0.194. The van der Waals surface area contributed by atoms with E-state index in [0.29, 0.717) is 12.5 Å². The maximum atomic E-state index is 9.57. The van der Waals surface area contributed by atoms with Crippen molar-refractivity contribution >= 4 is 0 Å². The highest BCUT2D eigenvalue weighted by atomic mass is 16.3. The minimum atomic E-state index is 0.194. The first kappa shape index (κ1) is 15.0. The molecule has 0 saturated heterocycles. The molecule has 0 bridgehead atoms. The number of hydrogen-bond donors (Lipinski definition) is 2. The van der Waals surface area contributed by atoms with Gasteiger partial charge >= 0.3 is 0 Å². The van der Waals surface area contributed by atoms with Crippen molar-refractivity contribution in [3.8, 4) is 0 Å². The predicted molar refractivity (Wildman–Crippen MR) is 74.1 cm³/mol. The molecule has 0 amide bonds. The fourth-order valence-electron chi connectivity index (χ4n) is 3.02. The number of rotatable bonds is 5. The van der Waals surface area contributed by atoms with Crippen molar-refractivity contribution in [2.45, 2.75) is 65.3 Å². The van der Waals surface area contributed by atoms with E-state index >= 15 is 0 Å². The molecule has 1 aliphatic rings. The molecule has 17 heavy (non-hydrogen) atoms. The monoisotopic (exact) mass is 241 g/mol. The quantitative estimate of drug-likeness (QED) is 0.775. The molecule has 0 aromatic carbocycles. The van der Waals surface area contributed by atoms with E-state index in [-0.39, 0.29) is 5.54 Å². The Bertz CT molecular complexity index is 209. The summed E-state index contributed by atoms with van der Waals surface area (Å²) in [6.07, 6.45) is 6.50. The lowest BCUT2D eigenvalue weighted by Crippen LogP contribution is -2.38. The Morgan fingerprint density at radius 2 is 2.00 bits per heavy atom. The third-order valence-corrected chi connectivity index (χ3v) is 4.05. The average molecular weight is 241 g/mol. The van der Waals surface area contributed by atoms with Gasteiger partial charge in [0.2, 0.25) is 0 Å². The highest BCUT2D eigenvalue weighted by molar-refractivity contribution is 4.78. The molecule has 0 aromatic heterocycles. The van der Waals surface area contributed by atoms with Crippen LogP contribution in [0.2, 0.25) is 0 Å². The Labute approximate surface area is 107 Å². The van der Waals surface area contributed by atoms with Gasteiger partial charge in [0, 0.05) is 12.1 Å². The van der Waals surface area contributed by atoms with E-state index < -0.39 is 0 Å². The van der Waals surface area contributed by atoms with Crippen molar-refractivity contribution < 1.29 is 5.11 Å². The summed E-state index contributed by atoms with van der Waals surface area (Å²) in [5, 5.41) is 13.1. The van der Waals surface area contributed by atoms with Gasteiger partial charge in [-0.15, -0.1) is 0 Å². The van der Waals surface area contributed by atoms with Crippen molar-refractivity contribution in [3.63, 3.8) is 0 Å². The van der Waals surface area contributed by atoms with Crippen molar-refractivity contribution in [1.82, 2.24) is 5.32 Å². The molecule has 3 unspecified atom stereocenters. The average Bonchev–Trinajstić information content (AvgIpc) is 2.23. The molecule has 0 spiro atoms. The van der Waals surface area contributed by atoms with Crippen molar-refractivity contribution in [2.75, 3.05) is 13.2 Å². The second-order valence-corrected chi connectivity index (χ2v) is 6.94. The van der Waals surface area contributed by atoms with Crippen molar-refractivity contribution in [3.05, 3.63) is 0 Å². The Morgan fingerprint density at radius 1 is 1.29 bits per heavy atom. The molecule has 0 aliphatic heterocycles. The van der Waals surface area contributed by atoms with E-state index in [2.05, 4.69) is 33.0 Å². The summed E-state index contributed by atoms with van der Waals surface area (Å²) in [6.45, 7) is 10.3. The van der Waals surface area contributed by atoms with E-state index in [4.69, 9.17) is 0 Å². The molecule has 1 saturated carbocycles. The third-order valence-electron chi connectivity index (χ3n) is 4.05. The fraction of sp³-hybridized carbons (Fsp3) is 1.00. The Morgan fingerprint density at radius 3 is 2.53 bits per heavy atom. The lowest BCUT2D eigenvalue weighted by Gasteiger charge is -2.33. The molecule has 3 atom stereocenters. The highest BCUT2D eigenvalue weighted by Crippen LogP contribution is 2.34. The van der Waals surface area contributed by atoms with Crippen LogP contribution < -0.4 is 5.32 Å². The van der Waals surface area contributed by atoms with Crippen LogP contribution in [0, 0.1) is 17.8 Å². The predicted octanol–water partition coefficient (Wildman–Crippen LogP) is 3.20. The zero-order valence-corrected chi connectivity index (χ0v) is 12.1. The van der Waals surface area contributed by atoms with Crippen LogP contribution >= 0.6 is 0 Å². The van der Waals surface area contributed by atoms with Crippen LogP contribution in [0.4, 0.5) is 0 Å². The first-order valence-electron chi connectivity index (χ1n) is 7.28. The molecule has 0 radical (unpaired) electrons. The Hall–Kier alpha value is -0.0800. The number of aliphatic hydroxyl groups is 1. The SMILES string of the molecule is CC1CCCC(C(CO)CCNC(C)(C)C)C1. The first-order chi connectivity index (χ1) is 7.92. The summed E-state index contributed by atoms with van der Waals surface area (Å²) in [7, 11) is 0. The van der Waals surface area contributed by atoms with Crippen molar-refractivity contribution in [2.24, 2.45) is 17.8 Å². The summed E-state index contributed by atoms with van der Waals surface area (Å²) in [4.78, 5) is 0. The van der Waals surface area contributed by atoms with Crippen LogP contribution in [-0.2, 0) is 0 Å². The summed E-state index contributed by atoms with van der Waals surface area (Å²) in [5.74, 6) is 2.12. The van der Waals surface area contributed by atoms with E-state index in [9.17, 15) is 5.11 Å². The van der Waals surface area contributed by atoms with E-state index in [1.807, 2.05) is 0 Å². The zero-order valence-electron chi connectivity index (χ0n) is 12.1.